The van der Waals surface area contributed by atoms with Crippen molar-refractivity contribution in [2.24, 2.45) is 5.92 Å². The summed E-state index contributed by atoms with van der Waals surface area (Å²) in [5, 5.41) is 12.8. The van der Waals surface area contributed by atoms with Gasteiger partial charge in [0.25, 0.3) is 0 Å². The number of aliphatic hydroxyl groups is 1. The van der Waals surface area contributed by atoms with Gasteiger partial charge < -0.3 is 29.9 Å². The fourth-order valence-corrected chi connectivity index (χ4v) is 4.93. The third-order valence-corrected chi connectivity index (χ3v) is 6.90. The number of nitrogens with one attached hydrogen (secondary N) is 1. The zero-order valence-electron chi connectivity index (χ0n) is 20.5. The first-order valence-electron chi connectivity index (χ1n) is 11.7. The van der Waals surface area contributed by atoms with E-state index in [-0.39, 0.29) is 18.3 Å². The van der Waals surface area contributed by atoms with Gasteiger partial charge in [0.2, 0.25) is 0 Å². The standard InChI is InChI=1S/C21H37N4O9P/c1-5-7-14(8-6-2)11-32-20(27)13(3)24-35(29,30)33-12-15-17(26)18(31-4)19(34-15)25-10-9-16(22)23-21(25)28/h9-10,13-15,17-19,26H,5-8,11-12H2,1-4H3,(H2,22,23,28)(H2,24,29,30)/t13-,15+,17?,18?,19+/m0/s1. The van der Waals surface area contributed by atoms with Crippen LogP contribution in [0.25, 0.3) is 0 Å². The van der Waals surface area contributed by atoms with Crippen LogP contribution in [0.3, 0.4) is 0 Å². The topological polar surface area (TPSA) is 184 Å². The van der Waals surface area contributed by atoms with Gasteiger partial charge in [-0.1, -0.05) is 26.7 Å². The van der Waals surface area contributed by atoms with Gasteiger partial charge in [0, 0.05) is 13.3 Å². The van der Waals surface area contributed by atoms with Crippen LogP contribution in [0, 0.1) is 5.92 Å². The number of nitrogens with two attached hydrogens (primary N) is 1. The molecule has 2 rings (SSSR count). The van der Waals surface area contributed by atoms with Crippen LogP contribution in [0.1, 0.15) is 52.7 Å². The fourth-order valence-electron chi connectivity index (χ4n) is 3.92. The highest BCUT2D eigenvalue weighted by molar-refractivity contribution is 7.50. The Balaban J connectivity index is 1.93. The molecule has 35 heavy (non-hydrogen) atoms. The number of anilines is 1. The van der Waals surface area contributed by atoms with E-state index in [2.05, 4.69) is 23.9 Å². The number of hydrogen-bond donors (Lipinski definition) is 4. The van der Waals surface area contributed by atoms with Crippen molar-refractivity contribution in [2.45, 2.75) is 77.0 Å². The van der Waals surface area contributed by atoms with Crippen molar-refractivity contribution < 1.29 is 38.1 Å². The van der Waals surface area contributed by atoms with Gasteiger partial charge in [-0.05, 0) is 31.7 Å². The summed E-state index contributed by atoms with van der Waals surface area (Å²) < 4.78 is 34.9. The molecular formula is C21H37N4O9P. The molecule has 0 aliphatic carbocycles. The van der Waals surface area contributed by atoms with E-state index in [4.69, 9.17) is 24.5 Å². The van der Waals surface area contributed by atoms with E-state index in [1.165, 1.54) is 26.3 Å². The Hall–Kier alpha value is -1.86. The van der Waals surface area contributed by atoms with Crippen molar-refractivity contribution in [1.82, 2.24) is 14.6 Å². The van der Waals surface area contributed by atoms with Gasteiger partial charge in [0.1, 0.15) is 30.2 Å². The number of rotatable bonds is 14. The third-order valence-electron chi connectivity index (χ3n) is 5.69. The molecule has 0 amide bonds. The van der Waals surface area contributed by atoms with Crippen molar-refractivity contribution in [3.05, 3.63) is 22.7 Å². The lowest BCUT2D eigenvalue weighted by molar-refractivity contribution is -0.146. The minimum atomic E-state index is -4.47. The first-order valence-corrected chi connectivity index (χ1v) is 13.2. The van der Waals surface area contributed by atoms with Gasteiger partial charge in [-0.15, -0.1) is 0 Å². The molecule has 0 bridgehead atoms. The minimum absolute atomic E-state index is 0.0184. The summed E-state index contributed by atoms with van der Waals surface area (Å²) in [4.78, 5) is 38.2. The lowest BCUT2D eigenvalue weighted by Crippen LogP contribution is -2.38. The van der Waals surface area contributed by atoms with Crippen LogP contribution in [0.5, 0.6) is 0 Å². The number of carbonyl (C=O) groups is 1. The van der Waals surface area contributed by atoms with Gasteiger partial charge in [-0.25, -0.2) is 14.4 Å². The van der Waals surface area contributed by atoms with Gasteiger partial charge in [-0.2, -0.15) is 4.98 Å². The number of nitrogen functional groups attached to an aromatic ring is 1. The number of hydrogen-bond acceptors (Lipinski definition) is 10. The number of aliphatic hydroxyl groups excluding tert-OH is 1. The maximum atomic E-state index is 12.5. The number of aromatic nitrogens is 2. The normalized spacial score (nSPS) is 24.9. The third kappa shape index (κ3) is 8.35. The van der Waals surface area contributed by atoms with E-state index in [0.717, 1.165) is 30.3 Å². The molecule has 1 aromatic heterocycles. The number of nitrogens with zero attached hydrogens (tertiary/aromatic N) is 2. The minimum Gasteiger partial charge on any atom is -0.464 e. The molecule has 1 aliphatic heterocycles. The van der Waals surface area contributed by atoms with Crippen molar-refractivity contribution in [1.29, 1.82) is 0 Å². The van der Waals surface area contributed by atoms with Crippen molar-refractivity contribution in [2.75, 3.05) is 26.1 Å². The second-order valence-corrected chi connectivity index (χ2v) is 10.1. The molecule has 0 radical (unpaired) electrons. The molecule has 0 saturated carbocycles. The summed E-state index contributed by atoms with van der Waals surface area (Å²) >= 11 is 0. The summed E-state index contributed by atoms with van der Waals surface area (Å²) in [7, 11) is -3.15. The molecule has 13 nitrogen and oxygen atoms in total. The molecule has 1 fully saturated rings. The smallest absolute Gasteiger partial charge is 0.403 e. The van der Waals surface area contributed by atoms with Crippen LogP contribution in [-0.2, 0) is 28.1 Å². The number of esters is 1. The average Bonchev–Trinajstić information content (AvgIpc) is 3.10. The van der Waals surface area contributed by atoms with Crippen LogP contribution < -0.4 is 16.5 Å². The lowest BCUT2D eigenvalue weighted by atomic mass is 9.99. The summed E-state index contributed by atoms with van der Waals surface area (Å²) in [6, 6.07) is 0.273. The van der Waals surface area contributed by atoms with E-state index in [9.17, 15) is 24.2 Å². The van der Waals surface area contributed by atoms with Crippen LogP contribution >= 0.6 is 7.75 Å². The second kappa shape index (κ2) is 13.4. The van der Waals surface area contributed by atoms with Crippen molar-refractivity contribution in [3.8, 4) is 0 Å². The molecule has 200 valence electrons. The average molecular weight is 521 g/mol. The first kappa shape index (κ1) is 29.4. The predicted octanol–water partition coefficient (Wildman–Crippen LogP) is 0.954. The molecule has 5 N–H and O–H groups in total. The van der Waals surface area contributed by atoms with Crippen LogP contribution in [-0.4, -0.2) is 70.2 Å². The Morgan fingerprint density at radius 1 is 1.37 bits per heavy atom. The quantitative estimate of drug-likeness (QED) is 0.201. The second-order valence-electron chi connectivity index (χ2n) is 8.54. The molecule has 3 unspecified atom stereocenters. The molecule has 1 aliphatic rings. The van der Waals surface area contributed by atoms with Crippen molar-refractivity contribution in [3.63, 3.8) is 0 Å². The SMILES string of the molecule is CCCC(CCC)COC(=O)[C@H](C)NP(=O)(O)OC[C@H]1O[C@@H](n2ccc(N)nc2=O)C(OC)C1O. The van der Waals surface area contributed by atoms with E-state index in [1.807, 2.05) is 0 Å². The highest BCUT2D eigenvalue weighted by Gasteiger charge is 2.46. The molecular weight excluding hydrogens is 483 g/mol. The zero-order valence-corrected chi connectivity index (χ0v) is 21.4. The molecule has 0 aromatic carbocycles. The van der Waals surface area contributed by atoms with Crippen molar-refractivity contribution >= 4 is 19.5 Å². The largest absolute Gasteiger partial charge is 0.464 e. The van der Waals surface area contributed by atoms with Gasteiger partial charge in [-0.3, -0.25) is 13.9 Å². The summed E-state index contributed by atoms with van der Waals surface area (Å²) in [5.41, 5.74) is 4.79. The summed E-state index contributed by atoms with van der Waals surface area (Å²) in [6.07, 6.45) is 0.696. The maximum Gasteiger partial charge on any atom is 0.403 e. The molecule has 14 heteroatoms. The Morgan fingerprint density at radius 3 is 2.60 bits per heavy atom. The Kier molecular flexibility index (Phi) is 11.3. The highest BCUT2D eigenvalue weighted by Crippen LogP contribution is 2.40. The Morgan fingerprint density at radius 2 is 2.03 bits per heavy atom. The van der Waals surface area contributed by atoms with Gasteiger partial charge in [0.05, 0.1) is 13.2 Å². The lowest BCUT2D eigenvalue weighted by Gasteiger charge is -2.21. The van der Waals surface area contributed by atoms with E-state index in [1.54, 1.807) is 0 Å². The Bertz CT molecular complexity index is 924. The molecule has 0 spiro atoms. The first-order chi connectivity index (χ1) is 16.5. The molecule has 1 saturated heterocycles. The van der Waals surface area contributed by atoms with Crippen LogP contribution in [0.2, 0.25) is 0 Å². The zero-order chi connectivity index (χ0) is 26.2. The maximum absolute atomic E-state index is 12.5. The van der Waals surface area contributed by atoms with E-state index >= 15 is 0 Å². The van der Waals surface area contributed by atoms with Gasteiger partial charge in [0.15, 0.2) is 6.23 Å². The predicted molar refractivity (Wildman–Crippen MR) is 126 cm³/mol. The van der Waals surface area contributed by atoms with Gasteiger partial charge >= 0.3 is 19.4 Å². The number of methoxy groups -OCH3 is 1. The summed E-state index contributed by atoms with van der Waals surface area (Å²) in [5.74, 6) is -0.415. The highest BCUT2D eigenvalue weighted by atomic mass is 31.2. The monoisotopic (exact) mass is 520 g/mol. The molecule has 1 aromatic rings. The molecule has 2 heterocycles. The number of carbonyl (C=O) groups excluding carboxylic acids is 1. The van der Waals surface area contributed by atoms with Crippen LogP contribution in [0.4, 0.5) is 5.82 Å². The van der Waals surface area contributed by atoms with Crippen LogP contribution in [0.15, 0.2) is 17.1 Å². The fraction of sp³-hybridized carbons (Fsp3) is 0.762. The Labute approximate surface area is 204 Å². The number of ether oxygens (including phenoxy) is 3. The molecule has 6 atom stereocenters. The van der Waals surface area contributed by atoms with E-state index < -0.39 is 56.6 Å². The van der Waals surface area contributed by atoms with E-state index in [0.29, 0.717) is 0 Å². The summed E-state index contributed by atoms with van der Waals surface area (Å²) in [6.45, 7) is 5.22.